The second kappa shape index (κ2) is 6.20. The predicted octanol–water partition coefficient (Wildman–Crippen LogP) is 2.39. The molecular formula is C16H20N2O5. The van der Waals surface area contributed by atoms with E-state index < -0.39 is 23.7 Å². The Morgan fingerprint density at radius 3 is 2.65 bits per heavy atom. The first-order valence-electron chi connectivity index (χ1n) is 7.17. The molecule has 0 saturated carbocycles. The van der Waals surface area contributed by atoms with Crippen molar-refractivity contribution in [1.29, 1.82) is 0 Å². The molecule has 0 fully saturated rings. The maximum absolute atomic E-state index is 11.8. The molecule has 0 aliphatic heterocycles. The highest BCUT2D eigenvalue weighted by atomic mass is 16.6. The van der Waals surface area contributed by atoms with Gasteiger partial charge in [0.15, 0.2) is 0 Å². The largest absolute Gasteiger partial charge is 0.508 e. The van der Waals surface area contributed by atoms with Crippen LogP contribution in [0.5, 0.6) is 5.75 Å². The number of phenols is 1. The molecule has 2 aromatic rings. The van der Waals surface area contributed by atoms with E-state index >= 15 is 0 Å². The maximum Gasteiger partial charge on any atom is 0.408 e. The zero-order chi connectivity index (χ0) is 17.2. The van der Waals surface area contributed by atoms with E-state index in [9.17, 15) is 19.8 Å². The van der Waals surface area contributed by atoms with Gasteiger partial charge in [-0.2, -0.15) is 0 Å². The van der Waals surface area contributed by atoms with Gasteiger partial charge in [0.2, 0.25) is 0 Å². The number of carbonyl (C=O) groups excluding carboxylic acids is 1. The van der Waals surface area contributed by atoms with Gasteiger partial charge < -0.3 is 25.3 Å². The molecular weight excluding hydrogens is 300 g/mol. The first kappa shape index (κ1) is 16.7. The summed E-state index contributed by atoms with van der Waals surface area (Å²) in [5.41, 5.74) is 0.718. The Balaban J connectivity index is 2.15. The lowest BCUT2D eigenvalue weighted by Gasteiger charge is -2.22. The van der Waals surface area contributed by atoms with Crippen molar-refractivity contribution in [2.24, 2.45) is 0 Å². The summed E-state index contributed by atoms with van der Waals surface area (Å²) in [5, 5.41) is 21.9. The first-order chi connectivity index (χ1) is 10.7. The zero-order valence-electron chi connectivity index (χ0n) is 13.2. The number of aromatic nitrogens is 1. The molecule has 0 aliphatic rings. The van der Waals surface area contributed by atoms with Gasteiger partial charge in [0.05, 0.1) is 0 Å². The molecule has 1 amide bonds. The number of aromatic hydroxyl groups is 1. The molecule has 1 aromatic heterocycles. The number of hydrogen-bond donors (Lipinski definition) is 4. The number of rotatable bonds is 4. The van der Waals surface area contributed by atoms with E-state index in [-0.39, 0.29) is 12.2 Å². The van der Waals surface area contributed by atoms with Gasteiger partial charge in [-0.25, -0.2) is 9.59 Å². The number of carboxylic acid groups (broad SMARTS) is 1. The van der Waals surface area contributed by atoms with Gasteiger partial charge in [-0.15, -0.1) is 0 Å². The minimum atomic E-state index is -1.15. The highest BCUT2D eigenvalue weighted by molar-refractivity contribution is 5.86. The van der Waals surface area contributed by atoms with Crippen LogP contribution in [0.25, 0.3) is 10.9 Å². The summed E-state index contributed by atoms with van der Waals surface area (Å²) in [6, 6.07) is 3.66. The highest BCUT2D eigenvalue weighted by Crippen LogP contribution is 2.23. The van der Waals surface area contributed by atoms with Crippen LogP contribution >= 0.6 is 0 Å². The van der Waals surface area contributed by atoms with Gasteiger partial charge in [-0.1, -0.05) is 0 Å². The summed E-state index contributed by atoms with van der Waals surface area (Å²) in [6.07, 6.45) is 0.985. The average molecular weight is 320 g/mol. The lowest BCUT2D eigenvalue weighted by atomic mass is 10.1. The van der Waals surface area contributed by atoms with E-state index in [4.69, 9.17) is 4.74 Å². The Bertz CT molecular complexity index is 730. The normalized spacial score (nSPS) is 12.8. The minimum Gasteiger partial charge on any atom is -0.508 e. The maximum atomic E-state index is 11.8. The fourth-order valence-corrected chi connectivity index (χ4v) is 2.21. The van der Waals surface area contributed by atoms with Crippen LogP contribution in [0.1, 0.15) is 26.3 Å². The van der Waals surface area contributed by atoms with Crippen LogP contribution < -0.4 is 5.32 Å². The van der Waals surface area contributed by atoms with Crippen LogP contribution in [0.2, 0.25) is 0 Å². The lowest BCUT2D eigenvalue weighted by Crippen LogP contribution is -2.44. The van der Waals surface area contributed by atoms with Crippen molar-refractivity contribution in [1.82, 2.24) is 10.3 Å². The standard InChI is InChI=1S/C16H20N2O5/c1-16(2,3)23-15(22)18-13(14(20)21)6-9-8-17-12-7-10(19)4-5-11(9)12/h4-5,7-8,13,17,19H,6H2,1-3H3,(H,18,22)(H,20,21)/t13-/m0/s1. The smallest absolute Gasteiger partial charge is 0.408 e. The Hall–Kier alpha value is -2.70. The van der Waals surface area contributed by atoms with Crippen LogP contribution in [0.15, 0.2) is 24.4 Å². The van der Waals surface area contributed by atoms with Gasteiger partial charge in [0.1, 0.15) is 17.4 Å². The number of H-pyrrole nitrogens is 1. The van der Waals surface area contributed by atoms with E-state index in [2.05, 4.69) is 10.3 Å². The number of fused-ring (bicyclic) bond motifs is 1. The molecule has 7 heteroatoms. The lowest BCUT2D eigenvalue weighted by molar-refractivity contribution is -0.139. The van der Waals surface area contributed by atoms with Gasteiger partial charge in [-0.05, 0) is 38.5 Å². The third-order valence-electron chi connectivity index (χ3n) is 3.16. The van der Waals surface area contributed by atoms with Gasteiger partial charge in [0, 0.05) is 29.6 Å². The van der Waals surface area contributed by atoms with Crippen molar-refractivity contribution >= 4 is 23.0 Å². The predicted molar refractivity (Wildman–Crippen MR) is 84.5 cm³/mol. The number of carboxylic acids is 1. The number of phenolic OH excluding ortho intramolecular Hbond substituents is 1. The van der Waals surface area contributed by atoms with Crippen LogP contribution in [0, 0.1) is 0 Å². The molecule has 124 valence electrons. The van der Waals surface area contributed by atoms with Crippen molar-refractivity contribution in [3.05, 3.63) is 30.0 Å². The van der Waals surface area contributed by atoms with Gasteiger partial charge in [-0.3, -0.25) is 0 Å². The third-order valence-corrected chi connectivity index (χ3v) is 3.16. The number of nitrogens with one attached hydrogen (secondary N) is 2. The molecule has 2 rings (SSSR count). The molecule has 0 spiro atoms. The summed E-state index contributed by atoms with van der Waals surface area (Å²) in [7, 11) is 0. The molecule has 0 bridgehead atoms. The molecule has 1 atom stereocenters. The SMILES string of the molecule is CC(C)(C)OC(=O)N[C@@H](Cc1c[nH]c2cc(O)ccc12)C(=O)O. The van der Waals surface area contributed by atoms with Crippen molar-refractivity contribution < 1.29 is 24.5 Å². The van der Waals surface area contributed by atoms with Crippen LogP contribution in [-0.2, 0) is 16.0 Å². The number of ether oxygens (including phenoxy) is 1. The van der Waals surface area contributed by atoms with E-state index in [1.165, 1.54) is 6.07 Å². The number of carbonyl (C=O) groups is 2. The number of amides is 1. The number of hydrogen-bond acceptors (Lipinski definition) is 4. The molecule has 0 aliphatic carbocycles. The van der Waals surface area contributed by atoms with Crippen molar-refractivity contribution in [2.75, 3.05) is 0 Å². The summed E-state index contributed by atoms with van der Waals surface area (Å²) >= 11 is 0. The van der Waals surface area contributed by atoms with E-state index in [0.29, 0.717) is 5.52 Å². The van der Waals surface area contributed by atoms with Crippen LogP contribution in [-0.4, -0.2) is 38.9 Å². The second-order valence-corrected chi connectivity index (χ2v) is 6.28. The molecule has 7 nitrogen and oxygen atoms in total. The summed E-state index contributed by atoms with van der Waals surface area (Å²) in [5.74, 6) is -1.03. The quantitative estimate of drug-likeness (QED) is 0.691. The topological polar surface area (TPSA) is 112 Å². The molecule has 1 heterocycles. The third kappa shape index (κ3) is 4.38. The van der Waals surface area contributed by atoms with E-state index in [0.717, 1.165) is 10.9 Å². The first-order valence-corrected chi connectivity index (χ1v) is 7.17. The number of aromatic amines is 1. The molecule has 0 saturated heterocycles. The highest BCUT2D eigenvalue weighted by Gasteiger charge is 2.25. The molecule has 23 heavy (non-hydrogen) atoms. The second-order valence-electron chi connectivity index (χ2n) is 6.28. The monoisotopic (exact) mass is 320 g/mol. The van der Waals surface area contributed by atoms with Crippen molar-refractivity contribution in [2.45, 2.75) is 38.8 Å². The Morgan fingerprint density at radius 1 is 1.35 bits per heavy atom. The van der Waals surface area contributed by atoms with Gasteiger partial charge >= 0.3 is 12.1 Å². The summed E-state index contributed by atoms with van der Waals surface area (Å²) in [4.78, 5) is 26.1. The zero-order valence-corrected chi connectivity index (χ0v) is 13.2. The Labute approximate surface area is 133 Å². The van der Waals surface area contributed by atoms with Crippen LogP contribution in [0.4, 0.5) is 4.79 Å². The Kier molecular flexibility index (Phi) is 4.49. The van der Waals surface area contributed by atoms with Crippen LogP contribution in [0.3, 0.4) is 0 Å². The van der Waals surface area contributed by atoms with Crippen molar-refractivity contribution in [3.63, 3.8) is 0 Å². The molecule has 0 unspecified atom stereocenters. The summed E-state index contributed by atoms with van der Waals surface area (Å²) in [6.45, 7) is 5.11. The number of alkyl carbamates (subject to hydrolysis) is 1. The summed E-state index contributed by atoms with van der Waals surface area (Å²) < 4.78 is 5.09. The van der Waals surface area contributed by atoms with E-state index in [1.807, 2.05) is 0 Å². The van der Waals surface area contributed by atoms with E-state index in [1.54, 1.807) is 39.1 Å². The minimum absolute atomic E-state index is 0.0966. The fourth-order valence-electron chi connectivity index (χ4n) is 2.21. The van der Waals surface area contributed by atoms with Gasteiger partial charge in [0.25, 0.3) is 0 Å². The number of benzene rings is 1. The number of aliphatic carboxylic acids is 1. The van der Waals surface area contributed by atoms with Crippen molar-refractivity contribution in [3.8, 4) is 5.75 Å². The Morgan fingerprint density at radius 2 is 2.04 bits per heavy atom. The molecule has 4 N–H and O–H groups in total. The molecule has 0 radical (unpaired) electrons. The molecule has 1 aromatic carbocycles. The average Bonchev–Trinajstić information content (AvgIpc) is 2.78. The fraction of sp³-hybridized carbons (Fsp3) is 0.375.